The Balaban J connectivity index is 1.65. The molecule has 0 spiro atoms. The van der Waals surface area contributed by atoms with Crippen LogP contribution in [0.4, 0.5) is 0 Å². The number of nitrogens with zero attached hydrogens (tertiary/aromatic N) is 2. The minimum atomic E-state index is 0.544. The van der Waals surface area contributed by atoms with Crippen molar-refractivity contribution in [3.63, 3.8) is 0 Å². The van der Waals surface area contributed by atoms with E-state index in [1.807, 2.05) is 48.5 Å². The summed E-state index contributed by atoms with van der Waals surface area (Å²) in [5.41, 5.74) is 2.04. The van der Waals surface area contributed by atoms with Crippen molar-refractivity contribution in [2.75, 3.05) is 7.05 Å². The van der Waals surface area contributed by atoms with Crippen molar-refractivity contribution < 1.29 is 9.32 Å². The van der Waals surface area contributed by atoms with E-state index in [-0.39, 0.29) is 0 Å². The van der Waals surface area contributed by atoms with E-state index in [4.69, 9.17) is 27.6 Å². The van der Waals surface area contributed by atoms with Gasteiger partial charge >= 0.3 is 0 Å². The smallest absolute Gasteiger partial charge is 0.271 e. The molecule has 1 unspecified atom stereocenters. The maximum atomic E-state index is 6.05. The van der Waals surface area contributed by atoms with Gasteiger partial charge < -0.3 is 9.32 Å². The van der Waals surface area contributed by atoms with Crippen molar-refractivity contribution in [2.24, 2.45) is 0 Å². The van der Waals surface area contributed by atoms with Crippen LogP contribution < -0.4 is 4.90 Å². The van der Waals surface area contributed by atoms with Gasteiger partial charge in [0.05, 0.1) is 17.1 Å². The van der Waals surface area contributed by atoms with Gasteiger partial charge in [-0.2, -0.15) is 0 Å². The van der Waals surface area contributed by atoms with Gasteiger partial charge in [-0.1, -0.05) is 47.5 Å². The molecule has 3 rings (SSSR count). The molecule has 0 saturated heterocycles. The number of rotatable bonds is 5. The molecule has 0 aliphatic heterocycles. The second kappa shape index (κ2) is 7.13. The fourth-order valence-corrected chi connectivity index (χ4v) is 2.66. The Bertz CT molecular complexity index is 790. The van der Waals surface area contributed by atoms with Crippen molar-refractivity contribution in [3.8, 4) is 11.5 Å². The predicted molar refractivity (Wildman–Crippen MR) is 90.5 cm³/mol. The van der Waals surface area contributed by atoms with Gasteiger partial charge in [0.25, 0.3) is 5.89 Å². The van der Waals surface area contributed by atoms with E-state index in [2.05, 4.69) is 17.2 Å². The molecule has 118 valence electrons. The van der Waals surface area contributed by atoms with Gasteiger partial charge in [-0.25, -0.2) is 0 Å². The molecule has 0 aliphatic carbocycles. The molecule has 0 bridgehead atoms. The van der Waals surface area contributed by atoms with E-state index in [1.165, 1.54) is 4.90 Å². The third kappa shape index (κ3) is 4.10. The summed E-state index contributed by atoms with van der Waals surface area (Å²) in [6, 6.07) is 15.4. The van der Waals surface area contributed by atoms with Gasteiger partial charge in [0, 0.05) is 11.1 Å². The Morgan fingerprint density at radius 1 is 0.957 bits per heavy atom. The number of nitrogens with one attached hydrogen (secondary N) is 1. The van der Waals surface area contributed by atoms with Crippen molar-refractivity contribution >= 4 is 23.2 Å². The number of halogens is 2. The van der Waals surface area contributed by atoms with Gasteiger partial charge in [0.1, 0.15) is 6.54 Å². The molecule has 0 amide bonds. The summed E-state index contributed by atoms with van der Waals surface area (Å²) < 4.78 is 5.73. The number of benzene rings is 2. The van der Waals surface area contributed by atoms with Crippen molar-refractivity contribution in [1.29, 1.82) is 0 Å². The molecule has 2 aromatic carbocycles. The lowest BCUT2D eigenvalue weighted by Gasteiger charge is -2.12. The molecule has 0 fully saturated rings. The largest absolute Gasteiger partial charge is 0.415 e. The fourth-order valence-electron chi connectivity index (χ4n) is 2.34. The fraction of sp³-hybridized carbons (Fsp3) is 0.176. The van der Waals surface area contributed by atoms with Gasteiger partial charge in [-0.3, -0.25) is 0 Å². The molecule has 0 radical (unpaired) electrons. The first-order valence-corrected chi connectivity index (χ1v) is 8.00. The standard InChI is InChI=1S/C17H15Cl2N3O/c1-22(10-12-7-8-14(18)15(19)9-12)11-16-20-21-17(23-16)13-5-3-2-4-6-13/h2-9H,10-11H2,1H3/p+1. The molecule has 1 atom stereocenters. The van der Waals surface area contributed by atoms with E-state index in [9.17, 15) is 0 Å². The number of hydrogen-bond acceptors (Lipinski definition) is 3. The zero-order valence-electron chi connectivity index (χ0n) is 12.6. The Kier molecular flexibility index (Phi) is 4.96. The van der Waals surface area contributed by atoms with Crippen LogP contribution in [0.15, 0.2) is 52.9 Å². The van der Waals surface area contributed by atoms with E-state index in [0.29, 0.717) is 28.4 Å². The van der Waals surface area contributed by atoms with E-state index in [1.54, 1.807) is 0 Å². The van der Waals surface area contributed by atoms with Crippen LogP contribution in [0, 0.1) is 0 Å². The van der Waals surface area contributed by atoms with Gasteiger partial charge in [-0.15, -0.1) is 10.2 Å². The Morgan fingerprint density at radius 3 is 2.48 bits per heavy atom. The number of hydrogen-bond donors (Lipinski definition) is 1. The van der Waals surface area contributed by atoms with Gasteiger partial charge in [0.15, 0.2) is 6.54 Å². The topological polar surface area (TPSA) is 43.4 Å². The lowest BCUT2D eigenvalue weighted by Crippen LogP contribution is -3.06. The van der Waals surface area contributed by atoms with Crippen LogP contribution in [0.1, 0.15) is 11.5 Å². The van der Waals surface area contributed by atoms with Crippen molar-refractivity contribution in [2.45, 2.75) is 13.1 Å². The first kappa shape index (κ1) is 16.0. The average Bonchev–Trinajstić information content (AvgIpc) is 3.00. The summed E-state index contributed by atoms with van der Waals surface area (Å²) in [6.07, 6.45) is 0. The lowest BCUT2D eigenvalue weighted by atomic mass is 10.2. The Labute approximate surface area is 144 Å². The van der Waals surface area contributed by atoms with Crippen LogP contribution in [-0.2, 0) is 13.1 Å². The summed E-state index contributed by atoms with van der Waals surface area (Å²) in [5.74, 6) is 1.16. The molecule has 0 aliphatic rings. The first-order chi connectivity index (χ1) is 11.1. The highest BCUT2D eigenvalue weighted by Gasteiger charge is 2.13. The molecule has 4 nitrogen and oxygen atoms in total. The Hall–Kier alpha value is -1.88. The molecule has 6 heteroatoms. The molecular weight excluding hydrogens is 333 g/mol. The summed E-state index contributed by atoms with van der Waals surface area (Å²) in [7, 11) is 2.06. The van der Waals surface area contributed by atoms with E-state index >= 15 is 0 Å². The second-order valence-electron chi connectivity index (χ2n) is 5.43. The summed E-state index contributed by atoms with van der Waals surface area (Å²) in [5, 5.41) is 9.36. The van der Waals surface area contributed by atoms with Gasteiger partial charge in [-0.05, 0) is 24.3 Å². The summed E-state index contributed by atoms with van der Waals surface area (Å²) >= 11 is 12.0. The van der Waals surface area contributed by atoms with Crippen LogP contribution in [0.5, 0.6) is 0 Å². The van der Waals surface area contributed by atoms with Crippen LogP contribution in [0.25, 0.3) is 11.5 Å². The quantitative estimate of drug-likeness (QED) is 0.769. The van der Waals surface area contributed by atoms with Crippen LogP contribution in [0.2, 0.25) is 10.0 Å². The lowest BCUT2D eigenvalue weighted by molar-refractivity contribution is -0.909. The number of quaternary nitrogens is 1. The van der Waals surface area contributed by atoms with Crippen LogP contribution >= 0.6 is 23.2 Å². The highest BCUT2D eigenvalue weighted by molar-refractivity contribution is 6.42. The molecule has 0 saturated carbocycles. The maximum Gasteiger partial charge on any atom is 0.271 e. The summed E-state index contributed by atoms with van der Waals surface area (Å²) in [4.78, 5) is 1.21. The van der Waals surface area contributed by atoms with Crippen LogP contribution in [0.3, 0.4) is 0 Å². The third-order valence-electron chi connectivity index (χ3n) is 3.43. The maximum absolute atomic E-state index is 6.05. The van der Waals surface area contributed by atoms with Crippen molar-refractivity contribution in [3.05, 3.63) is 70.0 Å². The number of aromatic nitrogens is 2. The molecule has 1 aromatic heterocycles. The second-order valence-corrected chi connectivity index (χ2v) is 6.24. The summed E-state index contributed by atoms with van der Waals surface area (Å²) in [6.45, 7) is 1.43. The minimum Gasteiger partial charge on any atom is -0.415 e. The normalized spacial score (nSPS) is 12.3. The van der Waals surface area contributed by atoms with Gasteiger partial charge in [0.2, 0.25) is 5.89 Å². The first-order valence-electron chi connectivity index (χ1n) is 7.25. The zero-order valence-corrected chi connectivity index (χ0v) is 14.1. The SMILES string of the molecule is C[NH+](Cc1ccc(Cl)c(Cl)c1)Cc1nnc(-c2ccccc2)o1. The molecule has 23 heavy (non-hydrogen) atoms. The van der Waals surface area contributed by atoms with E-state index in [0.717, 1.165) is 17.7 Å². The monoisotopic (exact) mass is 348 g/mol. The molecule has 1 N–H and O–H groups in total. The highest BCUT2D eigenvalue weighted by Crippen LogP contribution is 2.22. The minimum absolute atomic E-state index is 0.544. The molecule has 3 aromatic rings. The zero-order chi connectivity index (χ0) is 16.2. The highest BCUT2D eigenvalue weighted by atomic mass is 35.5. The average molecular weight is 349 g/mol. The predicted octanol–water partition coefficient (Wildman–Crippen LogP) is 3.26. The van der Waals surface area contributed by atoms with Crippen LogP contribution in [-0.4, -0.2) is 17.2 Å². The van der Waals surface area contributed by atoms with E-state index < -0.39 is 0 Å². The Morgan fingerprint density at radius 2 is 1.74 bits per heavy atom. The van der Waals surface area contributed by atoms with Crippen molar-refractivity contribution in [1.82, 2.24) is 10.2 Å². The molecular formula is C17H16Cl2N3O+. The molecule has 1 heterocycles. The third-order valence-corrected chi connectivity index (χ3v) is 4.17.